The van der Waals surface area contributed by atoms with Crippen LogP contribution in [-0.4, -0.2) is 6.54 Å². The SMILES string of the molecule is Fc1ccc(Br)c(CNCC2CC3CCC2C3)c1. The quantitative estimate of drug-likeness (QED) is 0.882. The summed E-state index contributed by atoms with van der Waals surface area (Å²) in [4.78, 5) is 0. The molecule has 0 saturated heterocycles. The highest BCUT2D eigenvalue weighted by molar-refractivity contribution is 9.10. The van der Waals surface area contributed by atoms with Crippen molar-refractivity contribution in [2.45, 2.75) is 32.2 Å². The summed E-state index contributed by atoms with van der Waals surface area (Å²) >= 11 is 3.47. The Morgan fingerprint density at radius 1 is 1.28 bits per heavy atom. The lowest BCUT2D eigenvalue weighted by molar-refractivity contribution is 0.318. The molecule has 0 radical (unpaired) electrons. The van der Waals surface area contributed by atoms with Crippen LogP contribution in [0.15, 0.2) is 22.7 Å². The summed E-state index contributed by atoms with van der Waals surface area (Å²) in [6.07, 6.45) is 5.75. The van der Waals surface area contributed by atoms with E-state index in [1.54, 1.807) is 12.1 Å². The third-order valence-electron chi connectivity index (χ3n) is 4.61. The van der Waals surface area contributed by atoms with Gasteiger partial charge in [0.25, 0.3) is 0 Å². The molecule has 1 nitrogen and oxygen atoms in total. The predicted octanol–water partition coefficient (Wildman–Crippen LogP) is 4.11. The fourth-order valence-electron chi connectivity index (χ4n) is 3.70. The molecule has 2 bridgehead atoms. The smallest absolute Gasteiger partial charge is 0.123 e. The Morgan fingerprint density at radius 2 is 2.17 bits per heavy atom. The molecule has 2 aliphatic carbocycles. The van der Waals surface area contributed by atoms with Gasteiger partial charge in [-0.05, 0) is 67.3 Å². The standard InChI is InChI=1S/C15H19BrFN/c16-15-4-3-14(17)7-13(15)9-18-8-12-6-10-1-2-11(12)5-10/h3-4,7,10-12,18H,1-2,5-6,8-9H2. The van der Waals surface area contributed by atoms with Crippen molar-refractivity contribution in [1.29, 1.82) is 0 Å². The van der Waals surface area contributed by atoms with E-state index in [4.69, 9.17) is 0 Å². The van der Waals surface area contributed by atoms with Gasteiger partial charge in [0.05, 0.1) is 0 Å². The summed E-state index contributed by atoms with van der Waals surface area (Å²) < 4.78 is 14.1. The zero-order chi connectivity index (χ0) is 12.5. The van der Waals surface area contributed by atoms with Gasteiger partial charge in [-0.25, -0.2) is 4.39 Å². The average molecular weight is 312 g/mol. The minimum atomic E-state index is -0.157. The zero-order valence-corrected chi connectivity index (χ0v) is 12.0. The van der Waals surface area contributed by atoms with Gasteiger partial charge in [-0.2, -0.15) is 0 Å². The van der Waals surface area contributed by atoms with Crippen LogP contribution in [0.25, 0.3) is 0 Å². The Balaban J connectivity index is 1.51. The molecule has 0 aromatic heterocycles. The Hall–Kier alpha value is -0.410. The van der Waals surface area contributed by atoms with E-state index in [-0.39, 0.29) is 5.82 Å². The molecule has 18 heavy (non-hydrogen) atoms. The van der Waals surface area contributed by atoms with Crippen LogP contribution >= 0.6 is 15.9 Å². The third kappa shape index (κ3) is 2.62. The molecule has 98 valence electrons. The number of halogens is 2. The van der Waals surface area contributed by atoms with Crippen molar-refractivity contribution in [3.8, 4) is 0 Å². The number of hydrogen-bond acceptors (Lipinski definition) is 1. The molecule has 0 spiro atoms. The Kier molecular flexibility index (Phi) is 3.71. The number of fused-ring (bicyclic) bond motifs is 2. The van der Waals surface area contributed by atoms with Crippen molar-refractivity contribution < 1.29 is 4.39 Å². The second-order valence-corrected chi connectivity index (χ2v) is 6.66. The van der Waals surface area contributed by atoms with Crippen molar-refractivity contribution in [3.05, 3.63) is 34.1 Å². The van der Waals surface area contributed by atoms with Crippen molar-refractivity contribution in [3.63, 3.8) is 0 Å². The molecule has 2 aliphatic rings. The average Bonchev–Trinajstić information content (AvgIpc) is 2.96. The van der Waals surface area contributed by atoms with E-state index in [0.29, 0.717) is 0 Å². The van der Waals surface area contributed by atoms with E-state index >= 15 is 0 Å². The fraction of sp³-hybridized carbons (Fsp3) is 0.600. The van der Waals surface area contributed by atoms with Gasteiger partial charge in [-0.1, -0.05) is 22.4 Å². The molecule has 1 aromatic rings. The van der Waals surface area contributed by atoms with E-state index in [9.17, 15) is 4.39 Å². The molecular formula is C15H19BrFN. The summed E-state index contributed by atoms with van der Waals surface area (Å²) in [5.74, 6) is 2.66. The van der Waals surface area contributed by atoms with Crippen LogP contribution in [0.4, 0.5) is 4.39 Å². The summed E-state index contributed by atoms with van der Waals surface area (Å²) in [6, 6.07) is 4.88. The van der Waals surface area contributed by atoms with Crippen LogP contribution in [-0.2, 0) is 6.54 Å². The minimum absolute atomic E-state index is 0.157. The second kappa shape index (κ2) is 5.30. The summed E-state index contributed by atoms with van der Waals surface area (Å²) in [6.45, 7) is 1.84. The molecule has 1 aromatic carbocycles. The van der Waals surface area contributed by atoms with Crippen LogP contribution in [0.1, 0.15) is 31.2 Å². The third-order valence-corrected chi connectivity index (χ3v) is 5.39. The topological polar surface area (TPSA) is 12.0 Å². The molecular weight excluding hydrogens is 293 g/mol. The number of nitrogens with one attached hydrogen (secondary N) is 1. The van der Waals surface area contributed by atoms with E-state index in [2.05, 4.69) is 21.2 Å². The maximum Gasteiger partial charge on any atom is 0.123 e. The van der Waals surface area contributed by atoms with Crippen molar-refractivity contribution in [1.82, 2.24) is 5.32 Å². The van der Waals surface area contributed by atoms with Crippen LogP contribution < -0.4 is 5.32 Å². The van der Waals surface area contributed by atoms with Gasteiger partial charge >= 0.3 is 0 Å². The van der Waals surface area contributed by atoms with Gasteiger partial charge in [0.2, 0.25) is 0 Å². The van der Waals surface area contributed by atoms with Gasteiger partial charge in [0, 0.05) is 11.0 Å². The van der Waals surface area contributed by atoms with E-state index < -0.39 is 0 Å². The van der Waals surface area contributed by atoms with Crippen LogP contribution in [0, 0.1) is 23.6 Å². The first-order chi connectivity index (χ1) is 8.72. The lowest BCUT2D eigenvalue weighted by atomic mass is 9.89. The van der Waals surface area contributed by atoms with Crippen molar-refractivity contribution >= 4 is 15.9 Å². The van der Waals surface area contributed by atoms with Crippen molar-refractivity contribution in [2.75, 3.05) is 6.54 Å². The molecule has 3 unspecified atom stereocenters. The van der Waals surface area contributed by atoms with E-state index in [0.717, 1.165) is 40.9 Å². The second-order valence-electron chi connectivity index (χ2n) is 5.80. The highest BCUT2D eigenvalue weighted by Crippen LogP contribution is 2.47. The van der Waals surface area contributed by atoms with Crippen molar-refractivity contribution in [2.24, 2.45) is 17.8 Å². The lowest BCUT2D eigenvalue weighted by Gasteiger charge is -2.22. The van der Waals surface area contributed by atoms with Gasteiger partial charge < -0.3 is 5.32 Å². The summed E-state index contributed by atoms with van der Waals surface area (Å²) in [7, 11) is 0. The fourth-order valence-corrected chi connectivity index (χ4v) is 4.08. The first-order valence-electron chi connectivity index (χ1n) is 6.87. The number of hydrogen-bond donors (Lipinski definition) is 1. The first kappa shape index (κ1) is 12.6. The van der Waals surface area contributed by atoms with E-state index in [1.807, 2.05) is 0 Å². The lowest BCUT2D eigenvalue weighted by Crippen LogP contribution is -2.26. The molecule has 1 N–H and O–H groups in total. The molecule has 3 atom stereocenters. The largest absolute Gasteiger partial charge is 0.312 e. The monoisotopic (exact) mass is 311 g/mol. The highest BCUT2D eigenvalue weighted by atomic mass is 79.9. The van der Waals surface area contributed by atoms with Gasteiger partial charge in [-0.15, -0.1) is 0 Å². The van der Waals surface area contributed by atoms with Crippen LogP contribution in [0.5, 0.6) is 0 Å². The Labute approximate surface area is 116 Å². The maximum atomic E-state index is 13.1. The number of rotatable bonds is 4. The molecule has 0 amide bonds. The van der Waals surface area contributed by atoms with Gasteiger partial charge in [-0.3, -0.25) is 0 Å². The number of benzene rings is 1. The Bertz CT molecular complexity index is 435. The highest BCUT2D eigenvalue weighted by Gasteiger charge is 2.38. The Morgan fingerprint density at radius 3 is 2.89 bits per heavy atom. The van der Waals surface area contributed by atoms with Crippen LogP contribution in [0.2, 0.25) is 0 Å². The van der Waals surface area contributed by atoms with Gasteiger partial charge in [0.15, 0.2) is 0 Å². The molecule has 2 fully saturated rings. The normalized spacial score (nSPS) is 30.0. The molecule has 3 rings (SSSR count). The van der Waals surface area contributed by atoms with E-state index in [1.165, 1.54) is 31.7 Å². The first-order valence-corrected chi connectivity index (χ1v) is 7.66. The molecule has 3 heteroatoms. The maximum absolute atomic E-state index is 13.1. The summed E-state index contributed by atoms with van der Waals surface area (Å²) in [5, 5.41) is 3.50. The molecule has 0 aliphatic heterocycles. The van der Waals surface area contributed by atoms with Gasteiger partial charge in [0.1, 0.15) is 5.82 Å². The molecule has 0 heterocycles. The predicted molar refractivity (Wildman–Crippen MR) is 74.7 cm³/mol. The molecule has 2 saturated carbocycles. The van der Waals surface area contributed by atoms with Crippen LogP contribution in [0.3, 0.4) is 0 Å². The zero-order valence-electron chi connectivity index (χ0n) is 10.5. The minimum Gasteiger partial charge on any atom is -0.312 e. The summed E-state index contributed by atoms with van der Waals surface area (Å²) in [5.41, 5.74) is 1.01.